The number of nitrogens with zero attached hydrogens (tertiary/aromatic N) is 1. The molecule has 2 amide bonds. The van der Waals surface area contributed by atoms with Crippen molar-refractivity contribution in [1.29, 1.82) is 0 Å². The lowest BCUT2D eigenvalue weighted by Gasteiger charge is -2.28. The van der Waals surface area contributed by atoms with Crippen molar-refractivity contribution < 1.29 is 28.5 Å². The third-order valence-electron chi connectivity index (χ3n) is 6.46. The minimum absolute atomic E-state index is 0.0337. The molecule has 3 aromatic rings. The maximum atomic E-state index is 13.1. The molecule has 0 unspecified atom stereocenters. The fraction of sp³-hybridized carbons (Fsp3) is 0.368. The molecule has 0 spiro atoms. The van der Waals surface area contributed by atoms with Gasteiger partial charge in [-0.1, -0.05) is 91.5 Å². The van der Waals surface area contributed by atoms with Gasteiger partial charge in [0, 0.05) is 19.8 Å². The highest BCUT2D eigenvalue weighted by Gasteiger charge is 2.21. The molecule has 0 saturated carbocycles. The number of carbonyl (C=O) groups excluding carboxylic acids is 2. The predicted molar refractivity (Wildman–Crippen MR) is 186 cm³/mol. The van der Waals surface area contributed by atoms with Gasteiger partial charge in [-0.05, 0) is 75.6 Å². The van der Waals surface area contributed by atoms with Crippen LogP contribution in [-0.2, 0) is 25.5 Å². The summed E-state index contributed by atoms with van der Waals surface area (Å²) in [6.45, 7) is 20.5. The van der Waals surface area contributed by atoms with Gasteiger partial charge in [0.25, 0.3) is 0 Å². The largest absolute Gasteiger partial charge is 0.488 e. The van der Waals surface area contributed by atoms with E-state index in [9.17, 15) is 9.59 Å². The van der Waals surface area contributed by atoms with Crippen molar-refractivity contribution >= 4 is 22.8 Å². The normalized spacial score (nSPS) is 11.3. The number of fused-ring (bicyclic) bond motifs is 1. The quantitative estimate of drug-likeness (QED) is 0.136. The van der Waals surface area contributed by atoms with Gasteiger partial charge in [-0.25, -0.2) is 4.79 Å². The molecule has 0 aliphatic carbocycles. The SMILES string of the molecule is C=C/C=C(\C=C)COC(=O)NCC(=O)N(Cc1cccc2ccccc12)CC(OCC)OCC.Cc1ccc(OC(C)(C)C)cc1. The Kier molecular flexibility index (Phi) is 16.3. The molecule has 3 aromatic carbocycles. The second kappa shape index (κ2) is 19.9. The Hall–Kier alpha value is -4.40. The Morgan fingerprint density at radius 3 is 2.20 bits per heavy atom. The van der Waals surface area contributed by atoms with Crippen molar-refractivity contribution in [3.63, 3.8) is 0 Å². The molecule has 1 N–H and O–H groups in total. The summed E-state index contributed by atoms with van der Waals surface area (Å²) in [7, 11) is 0. The van der Waals surface area contributed by atoms with Gasteiger partial charge in [-0.2, -0.15) is 0 Å². The smallest absolute Gasteiger partial charge is 0.407 e. The number of allylic oxidation sites excluding steroid dienone is 2. The summed E-state index contributed by atoms with van der Waals surface area (Å²) < 4.78 is 22.1. The molecule has 0 fully saturated rings. The predicted octanol–water partition coefficient (Wildman–Crippen LogP) is 7.76. The summed E-state index contributed by atoms with van der Waals surface area (Å²) >= 11 is 0. The Balaban J connectivity index is 0.000000512. The van der Waals surface area contributed by atoms with Gasteiger partial charge in [0.1, 0.15) is 24.5 Å². The number of benzene rings is 3. The number of carbonyl (C=O) groups is 2. The Bertz CT molecular complexity index is 1410. The second-order valence-electron chi connectivity index (χ2n) is 11.4. The highest BCUT2D eigenvalue weighted by molar-refractivity contribution is 5.87. The summed E-state index contributed by atoms with van der Waals surface area (Å²) in [4.78, 5) is 26.9. The molecular weight excluding hydrogens is 580 g/mol. The zero-order chi connectivity index (χ0) is 34.0. The number of aryl methyl sites for hydroxylation is 1. The number of hydrogen-bond donors (Lipinski definition) is 1. The summed E-state index contributed by atoms with van der Waals surface area (Å²) in [5, 5.41) is 4.67. The van der Waals surface area contributed by atoms with Crippen molar-refractivity contribution in [2.24, 2.45) is 0 Å². The van der Waals surface area contributed by atoms with E-state index >= 15 is 0 Å². The fourth-order valence-corrected chi connectivity index (χ4v) is 4.34. The molecule has 0 aromatic heterocycles. The van der Waals surface area contributed by atoms with Gasteiger partial charge in [0.2, 0.25) is 5.91 Å². The summed E-state index contributed by atoms with van der Waals surface area (Å²) in [5.41, 5.74) is 2.85. The van der Waals surface area contributed by atoms with Crippen molar-refractivity contribution in [2.45, 2.75) is 60.0 Å². The van der Waals surface area contributed by atoms with Crippen LogP contribution in [0.5, 0.6) is 5.75 Å². The van der Waals surface area contributed by atoms with Gasteiger partial charge in [0.15, 0.2) is 6.29 Å². The van der Waals surface area contributed by atoms with Crippen LogP contribution < -0.4 is 10.1 Å². The van der Waals surface area contributed by atoms with E-state index in [0.717, 1.165) is 22.1 Å². The summed E-state index contributed by atoms with van der Waals surface area (Å²) in [6, 6.07) is 22.1. The summed E-state index contributed by atoms with van der Waals surface area (Å²) in [5.74, 6) is 0.660. The topological polar surface area (TPSA) is 86.3 Å². The van der Waals surface area contributed by atoms with E-state index in [4.69, 9.17) is 18.9 Å². The minimum atomic E-state index is -0.693. The van der Waals surface area contributed by atoms with Gasteiger partial charge < -0.3 is 29.2 Å². The van der Waals surface area contributed by atoms with Crippen molar-refractivity contribution in [3.05, 3.63) is 115 Å². The Morgan fingerprint density at radius 1 is 0.935 bits per heavy atom. The molecule has 8 nitrogen and oxygen atoms in total. The standard InChI is InChI=1S/C27H34N2O5.C11H16O/c1-5-12-21(6-2)20-34-27(31)28-17-25(30)29(19-26(32-7-3)33-8-4)18-23-15-11-14-22-13-9-10-16-24(22)23;1-9-5-7-10(8-6-9)12-11(2,3)4/h5-6,9-16,26H,1-2,7-8,17-20H2,3-4H3,(H,28,31);5-8H,1-4H3/b21-12+;. The lowest BCUT2D eigenvalue weighted by atomic mass is 10.0. The fourth-order valence-electron chi connectivity index (χ4n) is 4.34. The molecule has 248 valence electrons. The van der Waals surface area contributed by atoms with Crippen LogP contribution in [-0.4, -0.2) is 61.7 Å². The highest BCUT2D eigenvalue weighted by atomic mass is 16.7. The first-order valence-electron chi connectivity index (χ1n) is 15.6. The van der Waals surface area contributed by atoms with Crippen LogP contribution in [0.4, 0.5) is 4.79 Å². The van der Waals surface area contributed by atoms with Gasteiger partial charge in [-0.3, -0.25) is 4.79 Å². The average Bonchev–Trinajstić information content (AvgIpc) is 3.02. The van der Waals surface area contributed by atoms with Gasteiger partial charge >= 0.3 is 6.09 Å². The minimum Gasteiger partial charge on any atom is -0.488 e. The first kappa shape index (κ1) is 37.8. The third-order valence-corrected chi connectivity index (χ3v) is 6.46. The van der Waals surface area contributed by atoms with Crippen molar-refractivity contribution in [3.8, 4) is 5.75 Å². The molecule has 0 radical (unpaired) electrons. The van der Waals surface area contributed by atoms with E-state index < -0.39 is 12.4 Å². The number of hydrogen-bond acceptors (Lipinski definition) is 6. The summed E-state index contributed by atoms with van der Waals surface area (Å²) in [6.07, 6.45) is 3.59. The third kappa shape index (κ3) is 14.1. The first-order valence-corrected chi connectivity index (χ1v) is 15.6. The maximum Gasteiger partial charge on any atom is 0.407 e. The van der Waals surface area contributed by atoms with Crippen LogP contribution in [0.15, 0.2) is 104 Å². The van der Waals surface area contributed by atoms with Crippen LogP contribution in [0.25, 0.3) is 10.8 Å². The van der Waals surface area contributed by atoms with E-state index in [2.05, 4.69) is 37.5 Å². The van der Waals surface area contributed by atoms with Crippen LogP contribution in [0.1, 0.15) is 45.7 Å². The molecule has 0 atom stereocenters. The van der Waals surface area contributed by atoms with Gasteiger partial charge in [0.05, 0.1) is 6.54 Å². The Labute approximate surface area is 274 Å². The molecular formula is C38H50N2O6. The zero-order valence-electron chi connectivity index (χ0n) is 28.2. The number of alkyl carbamates (subject to hydrolysis) is 1. The van der Waals surface area contributed by atoms with E-state index in [0.29, 0.717) is 25.3 Å². The maximum absolute atomic E-state index is 13.1. The zero-order valence-corrected chi connectivity index (χ0v) is 28.2. The molecule has 0 heterocycles. The number of amides is 2. The van der Waals surface area contributed by atoms with Crippen LogP contribution in [0.3, 0.4) is 0 Å². The first-order chi connectivity index (χ1) is 22.0. The van der Waals surface area contributed by atoms with Crippen molar-refractivity contribution in [1.82, 2.24) is 10.2 Å². The highest BCUT2D eigenvalue weighted by Crippen LogP contribution is 2.21. The van der Waals surface area contributed by atoms with Crippen LogP contribution in [0.2, 0.25) is 0 Å². The van der Waals surface area contributed by atoms with Crippen LogP contribution in [0, 0.1) is 6.92 Å². The van der Waals surface area contributed by atoms with Crippen molar-refractivity contribution in [2.75, 3.05) is 32.9 Å². The molecule has 3 rings (SSSR count). The Morgan fingerprint density at radius 2 is 1.59 bits per heavy atom. The number of nitrogens with one attached hydrogen (secondary N) is 1. The molecule has 0 aliphatic heterocycles. The molecule has 46 heavy (non-hydrogen) atoms. The van der Waals surface area contributed by atoms with E-state index in [1.54, 1.807) is 23.1 Å². The van der Waals surface area contributed by atoms with E-state index in [1.165, 1.54) is 5.56 Å². The lowest BCUT2D eigenvalue weighted by molar-refractivity contribution is -0.159. The monoisotopic (exact) mass is 630 g/mol. The molecule has 0 bridgehead atoms. The van der Waals surface area contributed by atoms with E-state index in [1.807, 2.05) is 89.2 Å². The van der Waals surface area contributed by atoms with Crippen LogP contribution >= 0.6 is 0 Å². The molecule has 8 heteroatoms. The second-order valence-corrected chi connectivity index (χ2v) is 11.4. The number of ether oxygens (including phenoxy) is 4. The van der Waals surface area contributed by atoms with E-state index in [-0.39, 0.29) is 31.2 Å². The molecule has 0 aliphatic rings. The average molecular weight is 631 g/mol. The van der Waals surface area contributed by atoms with Gasteiger partial charge in [-0.15, -0.1) is 0 Å². The molecule has 0 saturated heterocycles. The lowest BCUT2D eigenvalue weighted by Crippen LogP contribution is -2.44. The number of rotatable bonds is 15.